The van der Waals surface area contributed by atoms with E-state index in [9.17, 15) is 10.4 Å². The van der Waals surface area contributed by atoms with Crippen LogP contribution in [0.25, 0.3) is 0 Å². The van der Waals surface area contributed by atoms with Crippen LogP contribution in [0, 0.1) is 12.1 Å². The van der Waals surface area contributed by atoms with Crippen LogP contribution < -0.4 is 4.73 Å². The SMILES string of the molecule is Cc1cn(O)c(C(C)(C)C)[n+]1[O-]. The van der Waals surface area contributed by atoms with Gasteiger partial charge in [0.15, 0.2) is 6.20 Å². The van der Waals surface area contributed by atoms with Crippen LogP contribution in [0.5, 0.6) is 0 Å². The molecule has 1 N–H and O–H groups in total. The minimum Gasteiger partial charge on any atom is -0.710 e. The summed E-state index contributed by atoms with van der Waals surface area (Å²) >= 11 is 0. The van der Waals surface area contributed by atoms with Crippen molar-refractivity contribution < 1.29 is 9.94 Å². The van der Waals surface area contributed by atoms with Crippen molar-refractivity contribution in [2.75, 3.05) is 0 Å². The molecule has 0 fully saturated rings. The Morgan fingerprint density at radius 1 is 1.50 bits per heavy atom. The first-order valence-electron chi connectivity index (χ1n) is 3.85. The second-order valence-electron chi connectivity index (χ2n) is 3.98. The molecule has 1 aromatic heterocycles. The molecule has 0 amide bonds. The van der Waals surface area contributed by atoms with E-state index in [4.69, 9.17) is 0 Å². The molecule has 0 bridgehead atoms. The Hall–Kier alpha value is -1.19. The van der Waals surface area contributed by atoms with E-state index in [2.05, 4.69) is 0 Å². The lowest BCUT2D eigenvalue weighted by molar-refractivity contribution is -0.625. The zero-order chi connectivity index (χ0) is 9.52. The van der Waals surface area contributed by atoms with Gasteiger partial charge in [-0.05, 0) is 20.8 Å². The number of nitrogens with zero attached hydrogens (tertiary/aromatic N) is 2. The molecule has 1 rings (SSSR count). The highest BCUT2D eigenvalue weighted by Crippen LogP contribution is 2.18. The van der Waals surface area contributed by atoms with Gasteiger partial charge in [-0.1, -0.05) is 4.73 Å². The van der Waals surface area contributed by atoms with Gasteiger partial charge in [0.05, 0.1) is 5.41 Å². The first-order chi connectivity index (χ1) is 5.34. The van der Waals surface area contributed by atoms with E-state index < -0.39 is 0 Å². The summed E-state index contributed by atoms with van der Waals surface area (Å²) in [4.78, 5) is 0. The largest absolute Gasteiger partial charge is 0.710 e. The molecule has 0 aromatic carbocycles. The van der Waals surface area contributed by atoms with Crippen molar-refractivity contribution in [3.05, 3.63) is 22.9 Å². The first-order valence-corrected chi connectivity index (χ1v) is 3.85. The Bertz CT molecular complexity index is 297. The molecule has 1 heterocycles. The Morgan fingerprint density at radius 3 is 2.17 bits per heavy atom. The summed E-state index contributed by atoms with van der Waals surface area (Å²) in [6.07, 6.45) is 1.41. The van der Waals surface area contributed by atoms with Gasteiger partial charge in [-0.2, -0.15) is 0 Å². The maximum absolute atomic E-state index is 11.4. The number of rotatable bonds is 0. The lowest BCUT2D eigenvalue weighted by atomic mass is 9.96. The van der Waals surface area contributed by atoms with Crippen molar-refractivity contribution in [1.82, 2.24) is 4.73 Å². The van der Waals surface area contributed by atoms with E-state index in [0.717, 1.165) is 9.46 Å². The average Bonchev–Trinajstić information content (AvgIpc) is 2.05. The molecule has 4 heteroatoms. The lowest BCUT2D eigenvalue weighted by Gasteiger charge is -2.15. The highest BCUT2D eigenvalue weighted by Gasteiger charge is 2.29. The molecule has 0 atom stereocenters. The van der Waals surface area contributed by atoms with Crippen LogP contribution in [-0.2, 0) is 5.41 Å². The van der Waals surface area contributed by atoms with Gasteiger partial charge in [0.1, 0.15) is 5.69 Å². The van der Waals surface area contributed by atoms with E-state index in [0.29, 0.717) is 11.5 Å². The second kappa shape index (κ2) is 2.40. The van der Waals surface area contributed by atoms with Crippen LogP contribution >= 0.6 is 0 Å². The van der Waals surface area contributed by atoms with E-state index in [-0.39, 0.29) is 5.41 Å². The third kappa shape index (κ3) is 1.24. The Morgan fingerprint density at radius 2 is 2.00 bits per heavy atom. The molecular formula is C8H14N2O2. The lowest BCUT2D eigenvalue weighted by Crippen LogP contribution is -2.39. The van der Waals surface area contributed by atoms with E-state index in [1.54, 1.807) is 6.92 Å². The third-order valence-corrected chi connectivity index (χ3v) is 1.71. The van der Waals surface area contributed by atoms with Crippen LogP contribution in [0.4, 0.5) is 0 Å². The van der Waals surface area contributed by atoms with Gasteiger partial charge in [-0.15, -0.1) is 0 Å². The average molecular weight is 170 g/mol. The molecule has 0 unspecified atom stereocenters. The van der Waals surface area contributed by atoms with Crippen molar-refractivity contribution in [1.29, 1.82) is 0 Å². The zero-order valence-corrected chi connectivity index (χ0v) is 7.83. The van der Waals surface area contributed by atoms with Gasteiger partial charge in [0.2, 0.25) is 0 Å². The molecule has 12 heavy (non-hydrogen) atoms. The van der Waals surface area contributed by atoms with Gasteiger partial charge in [-0.3, -0.25) is 0 Å². The summed E-state index contributed by atoms with van der Waals surface area (Å²) in [6.45, 7) is 7.30. The summed E-state index contributed by atoms with van der Waals surface area (Å²) in [5, 5.41) is 20.7. The van der Waals surface area contributed by atoms with Crippen molar-refractivity contribution in [2.45, 2.75) is 33.1 Å². The number of hydrogen-bond acceptors (Lipinski definition) is 2. The molecular weight excluding hydrogens is 156 g/mol. The fourth-order valence-electron chi connectivity index (χ4n) is 1.20. The molecule has 4 nitrogen and oxygen atoms in total. The van der Waals surface area contributed by atoms with Gasteiger partial charge >= 0.3 is 5.82 Å². The highest BCUT2D eigenvalue weighted by molar-refractivity contribution is 5.00. The molecule has 0 spiro atoms. The Kier molecular flexibility index (Phi) is 1.78. The predicted octanol–water partition coefficient (Wildman–Crippen LogP) is 0.965. The minimum atomic E-state index is -0.342. The Balaban J connectivity index is 3.32. The molecule has 0 aliphatic heterocycles. The van der Waals surface area contributed by atoms with Gasteiger partial charge in [0, 0.05) is 6.92 Å². The number of aromatic nitrogens is 2. The van der Waals surface area contributed by atoms with Gasteiger partial charge in [-0.25, -0.2) is 4.73 Å². The number of aryl methyl sites for hydroxylation is 1. The number of imidazole rings is 1. The van der Waals surface area contributed by atoms with E-state index >= 15 is 0 Å². The Labute approximate surface area is 71.6 Å². The predicted molar refractivity (Wildman–Crippen MR) is 44.0 cm³/mol. The summed E-state index contributed by atoms with van der Waals surface area (Å²) in [5.74, 6) is 0.361. The van der Waals surface area contributed by atoms with Crippen LogP contribution in [0.1, 0.15) is 32.3 Å². The van der Waals surface area contributed by atoms with Crippen molar-refractivity contribution in [2.24, 2.45) is 0 Å². The highest BCUT2D eigenvalue weighted by atomic mass is 16.5. The topological polar surface area (TPSA) is 52.1 Å². The monoisotopic (exact) mass is 170 g/mol. The molecule has 1 aromatic rings. The van der Waals surface area contributed by atoms with E-state index in [1.165, 1.54) is 6.20 Å². The minimum absolute atomic E-state index is 0.342. The van der Waals surface area contributed by atoms with Crippen molar-refractivity contribution in [3.63, 3.8) is 0 Å². The summed E-state index contributed by atoms with van der Waals surface area (Å²) in [5.41, 5.74) is 0.160. The molecule has 0 radical (unpaired) electrons. The summed E-state index contributed by atoms with van der Waals surface area (Å²) in [7, 11) is 0. The van der Waals surface area contributed by atoms with Crippen LogP contribution in [0.2, 0.25) is 0 Å². The van der Waals surface area contributed by atoms with Crippen molar-refractivity contribution in [3.8, 4) is 0 Å². The molecule has 0 aliphatic rings. The van der Waals surface area contributed by atoms with Crippen LogP contribution in [-0.4, -0.2) is 9.94 Å². The standard InChI is InChI=1S/C8H14N2O2/c1-6-5-9(11)7(10(6)12)8(2,3)4/h5,11H,1-4H3. The summed E-state index contributed by atoms with van der Waals surface area (Å²) < 4.78 is 1.64. The summed E-state index contributed by atoms with van der Waals surface area (Å²) in [6, 6.07) is 0. The number of hydrogen-bond donors (Lipinski definition) is 1. The zero-order valence-electron chi connectivity index (χ0n) is 7.83. The molecule has 0 aliphatic carbocycles. The normalized spacial score (nSPS) is 12.0. The van der Waals surface area contributed by atoms with Gasteiger partial charge in [0.25, 0.3) is 0 Å². The smallest absolute Gasteiger partial charge is 0.304 e. The molecule has 0 saturated carbocycles. The maximum atomic E-state index is 11.4. The maximum Gasteiger partial charge on any atom is 0.304 e. The van der Waals surface area contributed by atoms with Gasteiger partial charge < -0.3 is 10.4 Å². The quantitative estimate of drug-likeness (QED) is 0.358. The fraction of sp³-hybridized carbons (Fsp3) is 0.625. The first kappa shape index (κ1) is 8.90. The van der Waals surface area contributed by atoms with Crippen molar-refractivity contribution >= 4 is 0 Å². The molecule has 0 saturated heterocycles. The van der Waals surface area contributed by atoms with Crippen LogP contribution in [0.3, 0.4) is 0 Å². The molecule has 68 valence electrons. The van der Waals surface area contributed by atoms with Crippen LogP contribution in [0.15, 0.2) is 6.20 Å². The van der Waals surface area contributed by atoms with E-state index in [1.807, 2.05) is 20.8 Å². The fourth-order valence-corrected chi connectivity index (χ4v) is 1.20. The second-order valence-corrected chi connectivity index (χ2v) is 3.98. The third-order valence-electron chi connectivity index (χ3n) is 1.71.